The molecule has 0 unspecified atom stereocenters. The van der Waals surface area contributed by atoms with Crippen LogP contribution in [-0.2, 0) is 43.2 Å². The molecule has 32 nitrogen and oxygen atoms in total. The van der Waals surface area contributed by atoms with Gasteiger partial charge in [0.25, 0.3) is 0 Å². The molecule has 2 fully saturated rings. The molecule has 0 aromatic rings. The number of amides is 9. The first kappa shape index (κ1) is 76.9. The lowest BCUT2D eigenvalue weighted by Crippen LogP contribution is -2.60. The van der Waals surface area contributed by atoms with Crippen molar-refractivity contribution in [1.29, 1.82) is 0 Å². The number of nitrogens with one attached hydrogen (secondary N) is 8. The van der Waals surface area contributed by atoms with Crippen molar-refractivity contribution in [2.45, 2.75) is 221 Å². The second-order valence-electron chi connectivity index (χ2n) is 23.1. The Bertz CT molecular complexity index is 2230. The van der Waals surface area contributed by atoms with Gasteiger partial charge in [0.15, 0.2) is 17.9 Å². The summed E-state index contributed by atoms with van der Waals surface area (Å²) in [4.78, 5) is 137. The zero-order valence-electron chi connectivity index (χ0n) is 51.6. The number of guanidine groups is 3. The summed E-state index contributed by atoms with van der Waals surface area (Å²) in [5.41, 5.74) is 68.7. The van der Waals surface area contributed by atoms with Crippen molar-refractivity contribution in [3.8, 4) is 0 Å². The molecular weight excluding hydrogens is 1140 g/mol. The van der Waals surface area contributed by atoms with Crippen molar-refractivity contribution < 1.29 is 43.2 Å². The van der Waals surface area contributed by atoms with E-state index in [-0.39, 0.29) is 151 Å². The minimum absolute atomic E-state index is 0.0119. The van der Waals surface area contributed by atoms with Gasteiger partial charge in [-0.3, -0.25) is 58.1 Å². The molecule has 2 aliphatic rings. The third-order valence-corrected chi connectivity index (χ3v) is 15.6. The second-order valence-corrected chi connectivity index (χ2v) is 23.1. The summed E-state index contributed by atoms with van der Waals surface area (Å²) < 4.78 is 0. The second kappa shape index (κ2) is 44.3. The van der Waals surface area contributed by atoms with Crippen molar-refractivity contribution in [2.75, 3.05) is 45.8 Å². The summed E-state index contributed by atoms with van der Waals surface area (Å²) in [6.45, 7) is 1.49. The summed E-state index contributed by atoms with van der Waals surface area (Å²) in [5, 5.41) is 22.4. The van der Waals surface area contributed by atoms with Gasteiger partial charge in [-0.25, -0.2) is 0 Å². The molecule has 0 saturated heterocycles. The number of carbonyl (C=O) groups excluding carboxylic acids is 9. The lowest BCUT2D eigenvalue weighted by atomic mass is 9.86. The van der Waals surface area contributed by atoms with Gasteiger partial charge >= 0.3 is 0 Å². The lowest BCUT2D eigenvalue weighted by molar-refractivity contribution is -0.135. The first-order valence-corrected chi connectivity index (χ1v) is 31.5. The van der Waals surface area contributed by atoms with Crippen molar-refractivity contribution in [2.24, 2.45) is 95.6 Å². The van der Waals surface area contributed by atoms with Crippen molar-refractivity contribution in [3.05, 3.63) is 0 Å². The third kappa shape index (κ3) is 33.3. The maximum atomic E-state index is 14.9. The molecule has 2 aliphatic carbocycles. The van der Waals surface area contributed by atoms with E-state index in [4.69, 9.17) is 68.8 Å². The fourth-order valence-corrected chi connectivity index (χ4v) is 10.3. The number of nitrogens with two attached hydrogens (primary N) is 12. The molecule has 7 atom stereocenters. The first-order valence-electron chi connectivity index (χ1n) is 31.5. The maximum absolute atomic E-state index is 14.9. The van der Waals surface area contributed by atoms with Crippen LogP contribution in [0.3, 0.4) is 0 Å². The Hall–Kier alpha value is -7.16. The van der Waals surface area contributed by atoms with Crippen LogP contribution in [0.5, 0.6) is 0 Å². The van der Waals surface area contributed by atoms with Gasteiger partial charge in [-0.15, -0.1) is 0 Å². The molecule has 2 saturated carbocycles. The predicted molar refractivity (Wildman–Crippen MR) is 338 cm³/mol. The molecular formula is C56H109N23O9. The summed E-state index contributed by atoms with van der Waals surface area (Å²) in [6, 6.07) is -8.60. The van der Waals surface area contributed by atoms with Crippen LogP contribution >= 0.6 is 0 Å². The highest BCUT2D eigenvalue weighted by molar-refractivity contribution is 5.97. The van der Waals surface area contributed by atoms with Crippen molar-refractivity contribution in [1.82, 2.24) is 42.5 Å². The fraction of sp³-hybridized carbons (Fsp3) is 0.786. The van der Waals surface area contributed by atoms with Crippen LogP contribution in [0.15, 0.2) is 15.0 Å². The van der Waals surface area contributed by atoms with Crippen molar-refractivity contribution in [3.63, 3.8) is 0 Å². The molecule has 502 valence electrons. The van der Waals surface area contributed by atoms with Crippen LogP contribution in [0.2, 0.25) is 0 Å². The van der Waals surface area contributed by atoms with E-state index in [1.807, 2.05) is 0 Å². The molecule has 0 bridgehead atoms. The molecule has 9 amide bonds. The molecule has 0 heterocycles. The smallest absolute Gasteiger partial charge is 0.243 e. The van der Waals surface area contributed by atoms with Crippen LogP contribution in [0.4, 0.5) is 0 Å². The van der Waals surface area contributed by atoms with Crippen LogP contribution in [0.25, 0.3) is 0 Å². The Kier molecular flexibility index (Phi) is 38.7. The quantitative estimate of drug-likeness (QED) is 0.0154. The molecule has 0 aromatic carbocycles. The van der Waals surface area contributed by atoms with Gasteiger partial charge in [-0.1, -0.05) is 0 Å². The number of primary amides is 1. The Morgan fingerprint density at radius 3 is 0.932 bits per heavy atom. The number of carbonyl (C=O) groups is 9. The van der Waals surface area contributed by atoms with Gasteiger partial charge in [0, 0.05) is 56.6 Å². The van der Waals surface area contributed by atoms with Crippen molar-refractivity contribution >= 4 is 71.0 Å². The Morgan fingerprint density at radius 1 is 0.352 bits per heavy atom. The molecule has 0 radical (unpaired) electrons. The average Bonchev–Trinajstić information content (AvgIpc) is 3.48. The topological polar surface area (TPSA) is 599 Å². The number of unbranched alkanes of at least 4 members (excludes halogenated alkanes) is 4. The fourth-order valence-electron chi connectivity index (χ4n) is 10.3. The molecule has 2 rings (SSSR count). The Balaban J connectivity index is 2.60. The van der Waals surface area contributed by atoms with E-state index in [0.29, 0.717) is 90.1 Å². The highest BCUT2D eigenvalue weighted by Gasteiger charge is 2.34. The summed E-state index contributed by atoms with van der Waals surface area (Å²) >= 11 is 0. The van der Waals surface area contributed by atoms with Gasteiger partial charge in [-0.2, -0.15) is 0 Å². The van der Waals surface area contributed by atoms with E-state index in [2.05, 4.69) is 57.5 Å². The monoisotopic (exact) mass is 1250 g/mol. The zero-order chi connectivity index (χ0) is 65.4. The van der Waals surface area contributed by atoms with E-state index in [0.717, 1.165) is 25.7 Å². The molecule has 0 aliphatic heterocycles. The number of aliphatic imine (C=N–C) groups is 3. The Morgan fingerprint density at radius 2 is 0.625 bits per heavy atom. The molecule has 0 aromatic heterocycles. The van der Waals surface area contributed by atoms with Gasteiger partial charge in [0.05, 0.1) is 6.04 Å². The minimum atomic E-state index is -1.39. The molecule has 88 heavy (non-hydrogen) atoms. The first-order chi connectivity index (χ1) is 41.9. The highest BCUT2D eigenvalue weighted by Crippen LogP contribution is 2.24. The number of nitrogens with zero attached hydrogens (tertiary/aromatic N) is 3. The SMILES string of the molecule is NCCCC[C@H](NC(=O)[C@H](CCCN=C(N)N)NC(=O)[C@H](CCCN=C(N)N)NC(=O)[C@H](CCCCNC(=O)C1CCC(N)CC1)NC(=O)[C@H](CCCCNC(=O)C1CCC(N)CC1)NC(=O)[C@H](CCCCN)NC(=O)[C@@H](N)CCCN=C(N)N)C(N)=O. The number of hydrogen-bond acceptors (Lipinski definition) is 17. The van der Waals surface area contributed by atoms with Crippen LogP contribution in [0, 0.1) is 11.8 Å². The largest absolute Gasteiger partial charge is 0.370 e. The van der Waals surface area contributed by atoms with Crippen LogP contribution in [0.1, 0.15) is 167 Å². The summed E-state index contributed by atoms with van der Waals surface area (Å²) in [7, 11) is 0. The van der Waals surface area contributed by atoms with Crippen LogP contribution < -0.4 is 111 Å². The van der Waals surface area contributed by atoms with Gasteiger partial charge in [0.1, 0.15) is 36.3 Å². The number of hydrogen-bond donors (Lipinski definition) is 20. The standard InChI is InChI=1S/C56H109N23O9/c57-27-5-1-13-39(45(62)80)74-49(84)43(17-10-32-72-55(65)66)78-53(88)44(18-11-33-73-56(67)68)79-52(87)42(16-4-8-30-70-47(82)35-21-25-37(60)26-22-35)77-51(86)41(15-3-7-29-69-46(81)34-19-23-36(59)24-20-34)76-50(85)40(14-2-6-28-58)75-48(83)38(61)12-9-31-71-54(63)64/h34-44H,1-33,57-61H2,(H2,62,80)(H,69,81)(H,70,82)(H,74,84)(H,75,83)(H,76,85)(H,77,86)(H,78,88)(H,79,87)(H4,63,64,71)(H4,65,66,72)(H4,67,68,73)/t34?,35?,36?,37?,38-,39-,40-,41-,42-,43-,44-/m0/s1. The third-order valence-electron chi connectivity index (χ3n) is 15.6. The van der Waals surface area contributed by atoms with E-state index < -0.39 is 83.6 Å². The summed E-state index contributed by atoms with van der Waals surface area (Å²) in [5.74, 6) is -6.44. The molecule has 32 N–H and O–H groups in total. The van der Waals surface area contributed by atoms with E-state index in [1.165, 1.54) is 0 Å². The van der Waals surface area contributed by atoms with Crippen LogP contribution in [-0.4, -0.2) is 171 Å². The minimum Gasteiger partial charge on any atom is -0.370 e. The van der Waals surface area contributed by atoms with E-state index in [1.54, 1.807) is 0 Å². The normalized spacial score (nSPS) is 18.8. The van der Waals surface area contributed by atoms with Gasteiger partial charge in [0.2, 0.25) is 53.2 Å². The van der Waals surface area contributed by atoms with Gasteiger partial charge < -0.3 is 111 Å². The van der Waals surface area contributed by atoms with E-state index in [9.17, 15) is 43.2 Å². The number of rotatable bonds is 45. The average molecular weight is 1250 g/mol. The van der Waals surface area contributed by atoms with E-state index >= 15 is 0 Å². The predicted octanol–water partition coefficient (Wildman–Crippen LogP) is -5.27. The maximum Gasteiger partial charge on any atom is 0.243 e. The van der Waals surface area contributed by atoms with Gasteiger partial charge in [-0.05, 0) is 180 Å². The molecule has 0 spiro atoms. The highest BCUT2D eigenvalue weighted by atomic mass is 16.2. The lowest BCUT2D eigenvalue weighted by Gasteiger charge is -2.28. The molecule has 32 heteroatoms. The summed E-state index contributed by atoms with van der Waals surface area (Å²) in [6.07, 6.45) is 9.95. The zero-order valence-corrected chi connectivity index (χ0v) is 51.6. The Labute approximate surface area is 517 Å².